The molecule has 0 aliphatic heterocycles. The van der Waals surface area contributed by atoms with Crippen molar-refractivity contribution in [3.8, 4) is 0 Å². The van der Waals surface area contributed by atoms with Crippen molar-refractivity contribution in [1.82, 2.24) is 4.90 Å². The van der Waals surface area contributed by atoms with E-state index in [2.05, 4.69) is 11.8 Å². The fourth-order valence-corrected chi connectivity index (χ4v) is 3.00. The number of carbonyl (C=O) groups excluding carboxylic acids is 1. The predicted molar refractivity (Wildman–Crippen MR) is 81.9 cm³/mol. The molecule has 2 nitrogen and oxygen atoms in total. The third kappa shape index (κ3) is 3.49. The van der Waals surface area contributed by atoms with Crippen LogP contribution in [0, 0.1) is 11.8 Å². The first-order valence-corrected chi connectivity index (χ1v) is 8.11. The van der Waals surface area contributed by atoms with Crippen LogP contribution in [0.5, 0.6) is 0 Å². The highest BCUT2D eigenvalue weighted by molar-refractivity contribution is 6.00. The van der Waals surface area contributed by atoms with Crippen LogP contribution in [0.25, 0.3) is 0 Å². The summed E-state index contributed by atoms with van der Waals surface area (Å²) in [5.74, 6) is 2.02. The lowest BCUT2D eigenvalue weighted by Crippen LogP contribution is -2.43. The summed E-state index contributed by atoms with van der Waals surface area (Å²) in [4.78, 5) is 15.3. The van der Waals surface area contributed by atoms with Gasteiger partial charge >= 0.3 is 0 Å². The van der Waals surface area contributed by atoms with Crippen LogP contribution in [0.15, 0.2) is 30.3 Å². The van der Waals surface area contributed by atoms with Gasteiger partial charge in [-0.25, -0.2) is 0 Å². The van der Waals surface area contributed by atoms with E-state index in [0.29, 0.717) is 5.78 Å². The van der Waals surface area contributed by atoms with E-state index in [1.165, 1.54) is 25.7 Å². The van der Waals surface area contributed by atoms with E-state index in [9.17, 15) is 4.79 Å². The summed E-state index contributed by atoms with van der Waals surface area (Å²) in [5, 5.41) is 0. The molecule has 1 atom stereocenters. The molecule has 2 fully saturated rings. The van der Waals surface area contributed by atoms with Gasteiger partial charge in [0, 0.05) is 18.7 Å². The highest BCUT2D eigenvalue weighted by atomic mass is 16.1. The van der Waals surface area contributed by atoms with Gasteiger partial charge in [-0.15, -0.1) is 0 Å². The van der Waals surface area contributed by atoms with Crippen LogP contribution < -0.4 is 0 Å². The first kappa shape index (κ1) is 13.8. The van der Waals surface area contributed by atoms with Crippen molar-refractivity contribution >= 4 is 5.78 Å². The molecule has 0 amide bonds. The van der Waals surface area contributed by atoms with Gasteiger partial charge in [-0.2, -0.15) is 0 Å². The SMILES string of the molecule is CCC(C(=O)c1ccccc1)N(CC1CC1)CC1CC1. The molecule has 1 aromatic rings. The Morgan fingerprint density at radius 2 is 1.65 bits per heavy atom. The van der Waals surface area contributed by atoms with E-state index in [1.54, 1.807) is 0 Å². The molecule has 0 aromatic heterocycles. The molecule has 20 heavy (non-hydrogen) atoms. The normalized spacial score (nSPS) is 20.1. The smallest absolute Gasteiger partial charge is 0.179 e. The van der Waals surface area contributed by atoms with Gasteiger partial charge in [0.05, 0.1) is 6.04 Å². The molecular formula is C18H25NO. The Kier molecular flexibility index (Phi) is 4.21. The minimum atomic E-state index is 0.0820. The van der Waals surface area contributed by atoms with E-state index in [4.69, 9.17) is 0 Å². The zero-order valence-corrected chi connectivity index (χ0v) is 12.4. The second-order valence-electron chi connectivity index (χ2n) is 6.49. The average molecular weight is 271 g/mol. The van der Waals surface area contributed by atoms with Crippen molar-refractivity contribution in [2.24, 2.45) is 11.8 Å². The van der Waals surface area contributed by atoms with Gasteiger partial charge in [0.15, 0.2) is 5.78 Å². The van der Waals surface area contributed by atoms with Crippen molar-refractivity contribution in [3.05, 3.63) is 35.9 Å². The van der Waals surface area contributed by atoms with Crippen LogP contribution >= 0.6 is 0 Å². The van der Waals surface area contributed by atoms with Crippen molar-refractivity contribution in [3.63, 3.8) is 0 Å². The van der Waals surface area contributed by atoms with Gasteiger partial charge < -0.3 is 0 Å². The summed E-state index contributed by atoms with van der Waals surface area (Å²) in [7, 11) is 0. The van der Waals surface area contributed by atoms with Crippen LogP contribution in [0.4, 0.5) is 0 Å². The van der Waals surface area contributed by atoms with Gasteiger partial charge in [0.1, 0.15) is 0 Å². The molecule has 0 heterocycles. The number of ketones is 1. The topological polar surface area (TPSA) is 20.3 Å². The van der Waals surface area contributed by atoms with Crippen molar-refractivity contribution < 1.29 is 4.79 Å². The third-order valence-electron chi connectivity index (χ3n) is 4.57. The minimum absolute atomic E-state index is 0.0820. The largest absolute Gasteiger partial charge is 0.293 e. The van der Waals surface area contributed by atoms with Gasteiger partial charge in [0.2, 0.25) is 0 Å². The lowest BCUT2D eigenvalue weighted by Gasteiger charge is -2.30. The maximum absolute atomic E-state index is 12.8. The zero-order valence-electron chi connectivity index (χ0n) is 12.4. The van der Waals surface area contributed by atoms with Crippen LogP contribution in [0.2, 0.25) is 0 Å². The Morgan fingerprint density at radius 3 is 2.10 bits per heavy atom. The predicted octanol–water partition coefficient (Wildman–Crippen LogP) is 3.77. The number of carbonyl (C=O) groups is 1. The molecule has 0 spiro atoms. The monoisotopic (exact) mass is 271 g/mol. The average Bonchev–Trinajstić information content (AvgIpc) is 3.36. The Morgan fingerprint density at radius 1 is 1.10 bits per heavy atom. The highest BCUT2D eigenvalue weighted by Crippen LogP contribution is 2.35. The minimum Gasteiger partial charge on any atom is -0.293 e. The summed E-state index contributed by atoms with van der Waals surface area (Å²) in [5.41, 5.74) is 0.871. The Bertz CT molecular complexity index is 434. The molecule has 0 radical (unpaired) electrons. The first-order valence-electron chi connectivity index (χ1n) is 8.11. The molecule has 1 unspecified atom stereocenters. The molecule has 3 rings (SSSR count). The second kappa shape index (κ2) is 6.09. The summed E-state index contributed by atoms with van der Waals surface area (Å²) >= 11 is 0. The molecule has 2 aliphatic rings. The summed E-state index contributed by atoms with van der Waals surface area (Å²) in [6, 6.07) is 9.90. The van der Waals surface area contributed by atoms with Gasteiger partial charge in [-0.05, 0) is 43.9 Å². The number of hydrogen-bond donors (Lipinski definition) is 0. The number of Topliss-reactive ketones (excluding diaryl/α,β-unsaturated/α-hetero) is 1. The quantitative estimate of drug-likeness (QED) is 0.671. The number of nitrogens with zero attached hydrogens (tertiary/aromatic N) is 1. The molecule has 2 aliphatic carbocycles. The van der Waals surface area contributed by atoms with Gasteiger partial charge in [0.25, 0.3) is 0 Å². The van der Waals surface area contributed by atoms with Crippen LogP contribution in [-0.4, -0.2) is 29.8 Å². The molecular weight excluding hydrogens is 246 g/mol. The third-order valence-corrected chi connectivity index (χ3v) is 4.57. The fourth-order valence-electron chi connectivity index (χ4n) is 3.00. The standard InChI is InChI=1S/C18H25NO/c1-2-17(18(20)16-6-4-3-5-7-16)19(12-14-8-9-14)13-15-10-11-15/h3-7,14-15,17H,2,8-13H2,1H3. The fraction of sp³-hybridized carbons (Fsp3) is 0.611. The highest BCUT2D eigenvalue weighted by Gasteiger charge is 2.34. The molecule has 2 saturated carbocycles. The Labute approximate surface area is 122 Å². The number of rotatable bonds is 8. The Hall–Kier alpha value is -1.15. The summed E-state index contributed by atoms with van der Waals surface area (Å²) in [6.07, 6.45) is 6.36. The van der Waals surface area contributed by atoms with Crippen molar-refractivity contribution in [2.45, 2.75) is 45.1 Å². The summed E-state index contributed by atoms with van der Waals surface area (Å²) in [6.45, 7) is 4.42. The lowest BCUT2D eigenvalue weighted by atomic mass is 10.00. The zero-order chi connectivity index (χ0) is 13.9. The molecule has 0 N–H and O–H groups in total. The van der Waals surface area contributed by atoms with Crippen molar-refractivity contribution in [2.75, 3.05) is 13.1 Å². The Balaban J connectivity index is 1.72. The van der Waals surface area contributed by atoms with Crippen LogP contribution in [0.1, 0.15) is 49.4 Å². The van der Waals surface area contributed by atoms with E-state index in [1.807, 2.05) is 30.3 Å². The van der Waals surface area contributed by atoms with Crippen LogP contribution in [-0.2, 0) is 0 Å². The molecule has 108 valence electrons. The first-order chi connectivity index (χ1) is 9.78. The maximum Gasteiger partial charge on any atom is 0.179 e. The molecule has 0 saturated heterocycles. The van der Waals surface area contributed by atoms with Gasteiger partial charge in [-0.1, -0.05) is 37.3 Å². The van der Waals surface area contributed by atoms with E-state index in [-0.39, 0.29) is 6.04 Å². The molecule has 2 heteroatoms. The maximum atomic E-state index is 12.8. The van der Waals surface area contributed by atoms with E-state index in [0.717, 1.165) is 36.9 Å². The van der Waals surface area contributed by atoms with Gasteiger partial charge in [-0.3, -0.25) is 9.69 Å². The molecule has 1 aromatic carbocycles. The van der Waals surface area contributed by atoms with E-state index >= 15 is 0 Å². The second-order valence-corrected chi connectivity index (χ2v) is 6.49. The summed E-state index contributed by atoms with van der Waals surface area (Å²) < 4.78 is 0. The lowest BCUT2D eigenvalue weighted by molar-refractivity contribution is 0.0794. The number of hydrogen-bond acceptors (Lipinski definition) is 2. The van der Waals surface area contributed by atoms with Crippen molar-refractivity contribution in [1.29, 1.82) is 0 Å². The number of benzene rings is 1. The van der Waals surface area contributed by atoms with Crippen LogP contribution in [0.3, 0.4) is 0 Å². The molecule has 0 bridgehead atoms. The van der Waals surface area contributed by atoms with E-state index < -0.39 is 0 Å².